The molecule has 1 aromatic heterocycles. The fraction of sp³-hybridized carbons (Fsp3) is 0.353. The first kappa shape index (κ1) is 17.3. The maximum absolute atomic E-state index is 12.2. The Morgan fingerprint density at radius 1 is 1.26 bits per heavy atom. The number of ether oxygens (including phenoxy) is 1. The number of thiophene rings is 1. The summed E-state index contributed by atoms with van der Waals surface area (Å²) in [6.45, 7) is 3.01. The lowest BCUT2D eigenvalue weighted by Crippen LogP contribution is -2.36. The van der Waals surface area contributed by atoms with Crippen LogP contribution in [0.4, 0.5) is 10.5 Å². The molecule has 0 bridgehead atoms. The third kappa shape index (κ3) is 4.97. The molecule has 2 rings (SSSR count). The van der Waals surface area contributed by atoms with E-state index >= 15 is 0 Å². The average molecular weight is 333 g/mol. The van der Waals surface area contributed by atoms with Gasteiger partial charge in [-0.05, 0) is 44.6 Å². The summed E-state index contributed by atoms with van der Waals surface area (Å²) in [4.78, 5) is 15.5. The number of carbonyl (C=O) groups is 1. The van der Waals surface area contributed by atoms with Crippen LogP contribution in [0.5, 0.6) is 5.75 Å². The first-order chi connectivity index (χ1) is 11.1. The van der Waals surface area contributed by atoms with Crippen LogP contribution in [0.1, 0.15) is 17.8 Å². The van der Waals surface area contributed by atoms with Gasteiger partial charge < -0.3 is 20.3 Å². The van der Waals surface area contributed by atoms with Crippen molar-refractivity contribution in [2.24, 2.45) is 0 Å². The third-order valence-corrected chi connectivity index (χ3v) is 4.36. The molecule has 0 fully saturated rings. The molecule has 2 N–H and O–H groups in total. The van der Waals surface area contributed by atoms with Crippen LogP contribution in [0.15, 0.2) is 41.8 Å². The maximum Gasteiger partial charge on any atom is 0.319 e. The molecule has 0 aliphatic heterocycles. The van der Waals surface area contributed by atoms with Crippen molar-refractivity contribution in [2.45, 2.75) is 13.0 Å². The van der Waals surface area contributed by atoms with Gasteiger partial charge in [-0.15, -0.1) is 11.3 Å². The molecule has 5 nitrogen and oxygen atoms in total. The summed E-state index contributed by atoms with van der Waals surface area (Å²) in [7, 11) is 4.02. The van der Waals surface area contributed by atoms with E-state index in [0.29, 0.717) is 24.6 Å². The highest BCUT2D eigenvalue weighted by Gasteiger charge is 2.16. The summed E-state index contributed by atoms with van der Waals surface area (Å²) in [6, 6.07) is 11.4. The van der Waals surface area contributed by atoms with Gasteiger partial charge in [0, 0.05) is 11.4 Å². The Balaban J connectivity index is 1.94. The van der Waals surface area contributed by atoms with E-state index in [-0.39, 0.29) is 12.1 Å². The normalized spacial score (nSPS) is 12.0. The van der Waals surface area contributed by atoms with Crippen molar-refractivity contribution < 1.29 is 9.53 Å². The summed E-state index contributed by atoms with van der Waals surface area (Å²) in [5.74, 6) is 0.674. The quantitative estimate of drug-likeness (QED) is 0.814. The number of nitrogens with one attached hydrogen (secondary N) is 2. The van der Waals surface area contributed by atoms with Crippen LogP contribution in [0, 0.1) is 0 Å². The van der Waals surface area contributed by atoms with Crippen LogP contribution in [-0.2, 0) is 0 Å². The molecule has 1 unspecified atom stereocenters. The summed E-state index contributed by atoms with van der Waals surface area (Å²) < 4.78 is 5.51. The van der Waals surface area contributed by atoms with Crippen LogP contribution >= 0.6 is 11.3 Å². The second-order valence-electron chi connectivity index (χ2n) is 5.26. The lowest BCUT2D eigenvalue weighted by Gasteiger charge is -2.23. The minimum absolute atomic E-state index is 0.155. The molecule has 0 radical (unpaired) electrons. The summed E-state index contributed by atoms with van der Waals surface area (Å²) in [5.41, 5.74) is 0.671. The van der Waals surface area contributed by atoms with E-state index in [4.69, 9.17) is 4.74 Å². The predicted octanol–water partition coefficient (Wildman–Crippen LogP) is 3.57. The van der Waals surface area contributed by atoms with Crippen molar-refractivity contribution in [3.8, 4) is 5.75 Å². The minimum Gasteiger partial charge on any atom is -0.492 e. The van der Waals surface area contributed by atoms with Crippen LogP contribution in [0.3, 0.4) is 0 Å². The predicted molar refractivity (Wildman–Crippen MR) is 95.4 cm³/mol. The second-order valence-corrected chi connectivity index (χ2v) is 6.24. The highest BCUT2D eigenvalue weighted by Crippen LogP contribution is 2.24. The Morgan fingerprint density at radius 2 is 2.04 bits per heavy atom. The van der Waals surface area contributed by atoms with Gasteiger partial charge in [0.05, 0.1) is 18.3 Å². The van der Waals surface area contributed by atoms with Crippen molar-refractivity contribution in [3.05, 3.63) is 46.7 Å². The highest BCUT2D eigenvalue weighted by molar-refractivity contribution is 7.10. The molecule has 1 aromatic carbocycles. The van der Waals surface area contributed by atoms with E-state index in [1.54, 1.807) is 11.3 Å². The molecule has 0 aliphatic rings. The van der Waals surface area contributed by atoms with Gasteiger partial charge in [0.25, 0.3) is 0 Å². The van der Waals surface area contributed by atoms with Crippen LogP contribution in [0.25, 0.3) is 0 Å². The van der Waals surface area contributed by atoms with Gasteiger partial charge in [-0.3, -0.25) is 0 Å². The maximum atomic E-state index is 12.2. The molecule has 124 valence electrons. The van der Waals surface area contributed by atoms with Crippen molar-refractivity contribution >= 4 is 23.1 Å². The number of anilines is 1. The summed E-state index contributed by atoms with van der Waals surface area (Å²) >= 11 is 1.69. The SMILES string of the molecule is CCOc1ccccc1NC(=O)NCC(c1cccs1)N(C)C. The van der Waals surface area contributed by atoms with Crippen molar-refractivity contribution in [2.75, 3.05) is 32.6 Å². The molecule has 6 heteroatoms. The van der Waals surface area contributed by atoms with Gasteiger partial charge in [0.2, 0.25) is 0 Å². The largest absolute Gasteiger partial charge is 0.492 e. The number of carbonyl (C=O) groups excluding carboxylic acids is 1. The smallest absolute Gasteiger partial charge is 0.319 e. The van der Waals surface area contributed by atoms with Gasteiger partial charge in [-0.25, -0.2) is 4.79 Å². The van der Waals surface area contributed by atoms with Gasteiger partial charge in [0.1, 0.15) is 5.75 Å². The second kappa shape index (κ2) is 8.55. The number of nitrogens with zero attached hydrogens (tertiary/aromatic N) is 1. The first-order valence-electron chi connectivity index (χ1n) is 7.58. The number of hydrogen-bond acceptors (Lipinski definition) is 4. The summed E-state index contributed by atoms with van der Waals surface area (Å²) in [6.07, 6.45) is 0. The number of rotatable bonds is 7. The molecular formula is C17H23N3O2S. The number of para-hydroxylation sites is 2. The molecule has 0 spiro atoms. The number of amides is 2. The van der Waals surface area contributed by atoms with Gasteiger partial charge in [0.15, 0.2) is 0 Å². The van der Waals surface area contributed by atoms with Crippen LogP contribution in [0.2, 0.25) is 0 Å². The lowest BCUT2D eigenvalue weighted by molar-refractivity contribution is 0.243. The topological polar surface area (TPSA) is 53.6 Å². The zero-order chi connectivity index (χ0) is 16.7. The molecule has 2 aromatic rings. The van der Waals surface area contributed by atoms with Crippen LogP contribution < -0.4 is 15.4 Å². The molecule has 0 saturated heterocycles. The molecule has 23 heavy (non-hydrogen) atoms. The van der Waals surface area contributed by atoms with E-state index < -0.39 is 0 Å². The Hall–Kier alpha value is -2.05. The average Bonchev–Trinajstić information content (AvgIpc) is 3.03. The Labute approximate surface area is 141 Å². The Kier molecular flexibility index (Phi) is 6.43. The van der Waals surface area contributed by atoms with E-state index in [1.165, 1.54) is 4.88 Å². The molecule has 1 heterocycles. The molecule has 2 amide bonds. The van der Waals surface area contributed by atoms with Crippen molar-refractivity contribution in [1.82, 2.24) is 10.2 Å². The number of benzene rings is 1. The Morgan fingerprint density at radius 3 is 2.70 bits per heavy atom. The standard InChI is InChI=1S/C17H23N3O2S/c1-4-22-15-9-6-5-8-13(15)19-17(21)18-12-14(20(2)3)16-10-7-11-23-16/h5-11,14H,4,12H2,1-3H3,(H2,18,19,21). The number of hydrogen-bond donors (Lipinski definition) is 2. The van der Waals surface area contributed by atoms with Gasteiger partial charge in [-0.1, -0.05) is 18.2 Å². The molecule has 1 atom stereocenters. The fourth-order valence-corrected chi connectivity index (χ4v) is 3.15. The minimum atomic E-state index is -0.236. The summed E-state index contributed by atoms with van der Waals surface area (Å²) in [5, 5.41) is 7.82. The van der Waals surface area contributed by atoms with Gasteiger partial charge in [-0.2, -0.15) is 0 Å². The Bertz CT molecular complexity index is 614. The van der Waals surface area contributed by atoms with E-state index in [1.807, 2.05) is 56.7 Å². The lowest BCUT2D eigenvalue weighted by atomic mass is 10.2. The van der Waals surface area contributed by atoms with Crippen molar-refractivity contribution in [1.29, 1.82) is 0 Å². The van der Waals surface area contributed by atoms with E-state index in [0.717, 1.165) is 0 Å². The zero-order valence-corrected chi connectivity index (χ0v) is 14.5. The highest BCUT2D eigenvalue weighted by atomic mass is 32.1. The third-order valence-electron chi connectivity index (χ3n) is 3.39. The monoisotopic (exact) mass is 333 g/mol. The molecule has 0 aliphatic carbocycles. The molecular weight excluding hydrogens is 310 g/mol. The first-order valence-corrected chi connectivity index (χ1v) is 8.46. The van der Waals surface area contributed by atoms with E-state index in [2.05, 4.69) is 21.6 Å². The zero-order valence-electron chi connectivity index (χ0n) is 13.7. The van der Waals surface area contributed by atoms with Crippen LogP contribution in [-0.4, -0.2) is 38.2 Å². The number of likely N-dealkylation sites (N-methyl/N-ethyl adjacent to an activating group) is 1. The van der Waals surface area contributed by atoms with E-state index in [9.17, 15) is 4.79 Å². The molecule has 0 saturated carbocycles. The fourth-order valence-electron chi connectivity index (χ4n) is 2.23. The van der Waals surface area contributed by atoms with Crippen molar-refractivity contribution in [3.63, 3.8) is 0 Å². The number of urea groups is 1. The van der Waals surface area contributed by atoms with Gasteiger partial charge >= 0.3 is 6.03 Å².